The van der Waals surface area contributed by atoms with Crippen LogP contribution < -0.4 is 0 Å². The fourth-order valence-corrected chi connectivity index (χ4v) is 2.16. The van der Waals surface area contributed by atoms with Crippen molar-refractivity contribution in [1.82, 2.24) is 0 Å². The Bertz CT molecular complexity index is 351. The first-order chi connectivity index (χ1) is 6.22. The molecule has 0 saturated carbocycles. The van der Waals surface area contributed by atoms with Gasteiger partial charge in [0.15, 0.2) is 0 Å². The Labute approximate surface area is 81.9 Å². The molecule has 13 heavy (non-hydrogen) atoms. The van der Waals surface area contributed by atoms with E-state index in [1.54, 1.807) is 0 Å². The van der Waals surface area contributed by atoms with Crippen LogP contribution in [0.2, 0.25) is 0 Å². The van der Waals surface area contributed by atoms with E-state index in [9.17, 15) is 4.91 Å². The molecule has 3 heteroatoms. The third kappa shape index (κ3) is 1.35. The summed E-state index contributed by atoms with van der Waals surface area (Å²) in [5, 5.41) is 2.80. The molecule has 0 bridgehead atoms. The third-order valence-corrected chi connectivity index (χ3v) is 3.02. The number of hydrogen-bond acceptors (Lipinski definition) is 2. The number of halogens is 1. The molecule has 0 N–H and O–H groups in total. The maximum Gasteiger partial charge on any atom is 0.116 e. The van der Waals surface area contributed by atoms with Gasteiger partial charge in [-0.1, -0.05) is 28.9 Å². The molecule has 1 aliphatic carbocycles. The van der Waals surface area contributed by atoms with E-state index < -0.39 is 0 Å². The highest BCUT2D eigenvalue weighted by Crippen LogP contribution is 2.38. The number of aryl methyl sites for hydroxylation is 1. The van der Waals surface area contributed by atoms with Crippen LogP contribution in [-0.4, -0.2) is 6.04 Å². The van der Waals surface area contributed by atoms with Crippen LogP contribution in [-0.2, 0) is 6.42 Å². The predicted octanol–water partition coefficient (Wildman–Crippen LogP) is 2.97. The monoisotopic (exact) mass is 195 g/mol. The van der Waals surface area contributed by atoms with E-state index in [0.717, 1.165) is 5.56 Å². The molecule has 2 atom stereocenters. The van der Waals surface area contributed by atoms with E-state index in [2.05, 4.69) is 11.2 Å². The summed E-state index contributed by atoms with van der Waals surface area (Å²) in [5.41, 5.74) is 3.44. The maximum absolute atomic E-state index is 10.4. The van der Waals surface area contributed by atoms with Gasteiger partial charge in [-0.25, -0.2) is 0 Å². The summed E-state index contributed by atoms with van der Waals surface area (Å²) in [4.78, 5) is 10.4. The summed E-state index contributed by atoms with van der Waals surface area (Å²) >= 11 is 6.07. The lowest BCUT2D eigenvalue weighted by atomic mass is 10.1. The first-order valence-electron chi connectivity index (χ1n) is 4.28. The Morgan fingerprint density at radius 3 is 3.00 bits per heavy atom. The average Bonchev–Trinajstić information content (AvgIpc) is 2.42. The summed E-state index contributed by atoms with van der Waals surface area (Å²) in [7, 11) is 0. The molecule has 0 heterocycles. The fourth-order valence-electron chi connectivity index (χ4n) is 1.81. The van der Waals surface area contributed by atoms with Crippen molar-refractivity contribution in [1.29, 1.82) is 0 Å². The smallest absolute Gasteiger partial charge is 0.116 e. The normalized spacial score (nSPS) is 25.7. The minimum absolute atomic E-state index is 0.229. The van der Waals surface area contributed by atoms with Crippen LogP contribution in [0.4, 0.5) is 0 Å². The summed E-state index contributed by atoms with van der Waals surface area (Å²) in [6.07, 6.45) is 0.689. The molecule has 0 amide bonds. The van der Waals surface area contributed by atoms with Crippen LogP contribution in [0.5, 0.6) is 0 Å². The lowest BCUT2D eigenvalue weighted by Gasteiger charge is -2.04. The summed E-state index contributed by atoms with van der Waals surface area (Å²) in [6.45, 7) is 2.03. The van der Waals surface area contributed by atoms with E-state index in [4.69, 9.17) is 11.6 Å². The minimum atomic E-state index is -0.279. The van der Waals surface area contributed by atoms with E-state index in [1.165, 1.54) is 11.1 Å². The Morgan fingerprint density at radius 1 is 1.54 bits per heavy atom. The first-order valence-corrected chi connectivity index (χ1v) is 4.72. The number of fused-ring (bicyclic) bond motifs is 1. The van der Waals surface area contributed by atoms with Gasteiger partial charge in [-0.3, -0.25) is 0 Å². The molecule has 0 aliphatic heterocycles. The molecule has 0 radical (unpaired) electrons. The van der Waals surface area contributed by atoms with E-state index in [0.29, 0.717) is 6.42 Å². The summed E-state index contributed by atoms with van der Waals surface area (Å²) in [6, 6.07) is 5.81. The minimum Gasteiger partial charge on any atom is -0.150 e. The van der Waals surface area contributed by atoms with Gasteiger partial charge in [0.2, 0.25) is 0 Å². The van der Waals surface area contributed by atoms with Crippen LogP contribution in [0.1, 0.15) is 22.1 Å². The average molecular weight is 196 g/mol. The molecule has 0 aromatic heterocycles. The van der Waals surface area contributed by atoms with Crippen molar-refractivity contribution >= 4 is 11.6 Å². The highest BCUT2D eigenvalue weighted by molar-refractivity contribution is 6.21. The third-order valence-electron chi connectivity index (χ3n) is 2.50. The van der Waals surface area contributed by atoms with Crippen molar-refractivity contribution in [3.05, 3.63) is 39.8 Å². The summed E-state index contributed by atoms with van der Waals surface area (Å²) in [5.74, 6) is 0. The zero-order valence-corrected chi connectivity index (χ0v) is 8.08. The maximum atomic E-state index is 10.4. The zero-order valence-electron chi connectivity index (χ0n) is 7.33. The van der Waals surface area contributed by atoms with Crippen molar-refractivity contribution in [2.45, 2.75) is 24.8 Å². The van der Waals surface area contributed by atoms with Gasteiger partial charge in [-0.15, -0.1) is 11.6 Å². The molecule has 2 rings (SSSR count). The second-order valence-electron chi connectivity index (χ2n) is 3.48. The molecule has 0 fully saturated rings. The van der Waals surface area contributed by atoms with Gasteiger partial charge in [0.05, 0.1) is 5.38 Å². The van der Waals surface area contributed by atoms with Crippen molar-refractivity contribution in [3.8, 4) is 0 Å². The first kappa shape index (κ1) is 8.70. The lowest BCUT2D eigenvalue weighted by molar-refractivity contribution is 0.697. The number of benzene rings is 1. The summed E-state index contributed by atoms with van der Waals surface area (Å²) < 4.78 is 0. The van der Waals surface area contributed by atoms with Gasteiger partial charge in [0.25, 0.3) is 0 Å². The van der Waals surface area contributed by atoms with Gasteiger partial charge in [-0.05, 0) is 18.1 Å². The van der Waals surface area contributed by atoms with Crippen LogP contribution in [0.15, 0.2) is 23.4 Å². The molecule has 2 unspecified atom stereocenters. The number of hydrogen-bond donors (Lipinski definition) is 0. The Kier molecular flexibility index (Phi) is 2.08. The molecule has 1 aromatic rings. The van der Waals surface area contributed by atoms with Gasteiger partial charge in [0.1, 0.15) is 6.04 Å². The van der Waals surface area contributed by atoms with Crippen LogP contribution in [0.3, 0.4) is 0 Å². The van der Waals surface area contributed by atoms with E-state index in [1.807, 2.05) is 19.1 Å². The Hall–Kier alpha value is -0.890. The second-order valence-corrected chi connectivity index (χ2v) is 3.95. The molecule has 0 spiro atoms. The molecule has 1 aromatic carbocycles. The van der Waals surface area contributed by atoms with Gasteiger partial charge in [0, 0.05) is 6.42 Å². The Balaban J connectivity index is 2.43. The molecule has 1 aliphatic rings. The molecule has 0 saturated heterocycles. The highest BCUT2D eigenvalue weighted by atomic mass is 35.5. The van der Waals surface area contributed by atoms with E-state index in [-0.39, 0.29) is 11.4 Å². The van der Waals surface area contributed by atoms with Crippen molar-refractivity contribution in [2.75, 3.05) is 0 Å². The number of rotatable bonds is 1. The number of nitroso groups, excluding NO2 is 1. The molecule has 2 nitrogen and oxygen atoms in total. The highest BCUT2D eigenvalue weighted by Gasteiger charge is 2.31. The van der Waals surface area contributed by atoms with Gasteiger partial charge >= 0.3 is 0 Å². The van der Waals surface area contributed by atoms with Crippen molar-refractivity contribution < 1.29 is 0 Å². The molecular formula is C10H10ClNO. The lowest BCUT2D eigenvalue weighted by Crippen LogP contribution is -2.04. The molecule has 68 valence electrons. The van der Waals surface area contributed by atoms with Crippen molar-refractivity contribution in [3.63, 3.8) is 0 Å². The largest absolute Gasteiger partial charge is 0.150 e. The fraction of sp³-hybridized carbons (Fsp3) is 0.400. The zero-order chi connectivity index (χ0) is 9.42. The SMILES string of the molecule is Cc1ccc2c(c1)CC(N=O)C2Cl. The predicted molar refractivity (Wildman–Crippen MR) is 53.1 cm³/mol. The van der Waals surface area contributed by atoms with Crippen molar-refractivity contribution in [2.24, 2.45) is 5.18 Å². The van der Waals surface area contributed by atoms with Crippen LogP contribution >= 0.6 is 11.6 Å². The van der Waals surface area contributed by atoms with Crippen LogP contribution in [0, 0.1) is 11.8 Å². The standard InChI is InChI=1S/C10H10ClNO/c1-6-2-3-8-7(4-6)5-9(12-13)10(8)11/h2-4,9-10H,5H2,1H3. The number of alkyl halides is 1. The number of nitrogens with zero attached hydrogens (tertiary/aromatic N) is 1. The topological polar surface area (TPSA) is 29.4 Å². The molecular weight excluding hydrogens is 186 g/mol. The van der Waals surface area contributed by atoms with Gasteiger partial charge in [-0.2, -0.15) is 4.91 Å². The van der Waals surface area contributed by atoms with Gasteiger partial charge < -0.3 is 0 Å². The van der Waals surface area contributed by atoms with Crippen LogP contribution in [0.25, 0.3) is 0 Å². The second kappa shape index (κ2) is 3.11. The van der Waals surface area contributed by atoms with E-state index >= 15 is 0 Å². The quantitative estimate of drug-likeness (QED) is 0.501. The Morgan fingerprint density at radius 2 is 2.31 bits per heavy atom.